The Morgan fingerprint density at radius 3 is 2.50 bits per heavy atom. The van der Waals surface area contributed by atoms with E-state index in [0.717, 1.165) is 32.3 Å². The summed E-state index contributed by atoms with van der Waals surface area (Å²) in [7, 11) is -3.13. The Hall–Kier alpha value is 0.180. The lowest BCUT2D eigenvalue weighted by molar-refractivity contribution is 0.0757. The van der Waals surface area contributed by atoms with E-state index in [2.05, 4.69) is 17.4 Å². The lowest BCUT2D eigenvalue weighted by atomic mass is 10.2. The third-order valence-electron chi connectivity index (χ3n) is 3.39. The molecule has 0 bridgehead atoms. The minimum absolute atomic E-state index is 0.255. The predicted molar refractivity (Wildman–Crippen MR) is 85.7 cm³/mol. The molecule has 0 radical (unpaired) electrons. The molecule has 1 rings (SSSR count). The first-order chi connectivity index (χ1) is 9.45. The number of ether oxygens (including phenoxy) is 1. The minimum atomic E-state index is -3.13. The van der Waals surface area contributed by atoms with Crippen LogP contribution in [0.2, 0.25) is 0 Å². The molecule has 1 heterocycles. The predicted octanol–water partition coefficient (Wildman–Crippen LogP) is 1.46. The second kappa shape index (κ2) is 9.25. The molecule has 1 N–H and O–H groups in total. The van der Waals surface area contributed by atoms with Crippen LogP contribution < -0.4 is 4.72 Å². The summed E-state index contributed by atoms with van der Waals surface area (Å²) in [5.74, 6) is 0.629. The van der Waals surface area contributed by atoms with Gasteiger partial charge in [0.15, 0.2) is 0 Å². The van der Waals surface area contributed by atoms with E-state index in [1.165, 1.54) is 0 Å². The molecule has 1 aliphatic heterocycles. The van der Waals surface area contributed by atoms with Crippen molar-refractivity contribution in [1.82, 2.24) is 9.62 Å². The molecule has 1 fully saturated rings. The van der Waals surface area contributed by atoms with Crippen LogP contribution in [0.1, 0.15) is 39.5 Å². The minimum Gasteiger partial charge on any atom is -0.379 e. The number of nitrogens with zero attached hydrogens (tertiary/aromatic N) is 1. The third kappa shape index (κ3) is 6.76. The molecular formula is C13H28N2O3S2. The number of hydrogen-bond donors (Lipinski definition) is 2. The molecule has 20 heavy (non-hydrogen) atoms. The number of nitrogens with one attached hydrogen (secondary N) is 1. The van der Waals surface area contributed by atoms with Gasteiger partial charge in [-0.05, 0) is 26.7 Å². The lowest BCUT2D eigenvalue weighted by Gasteiger charge is -2.37. The summed E-state index contributed by atoms with van der Waals surface area (Å²) in [6.45, 7) is 6.61. The molecule has 7 heteroatoms. The maximum Gasteiger partial charge on any atom is 0.217 e. The second-order valence-electron chi connectivity index (χ2n) is 5.57. The zero-order valence-electron chi connectivity index (χ0n) is 12.5. The van der Waals surface area contributed by atoms with Gasteiger partial charge in [0.05, 0.1) is 6.10 Å². The Morgan fingerprint density at radius 1 is 1.25 bits per heavy atom. The van der Waals surface area contributed by atoms with Crippen LogP contribution in [0.15, 0.2) is 0 Å². The van der Waals surface area contributed by atoms with E-state index in [4.69, 9.17) is 4.74 Å². The Bertz CT molecular complexity index is 355. The molecule has 0 spiro atoms. The van der Waals surface area contributed by atoms with E-state index < -0.39 is 10.0 Å². The highest BCUT2D eigenvalue weighted by Gasteiger charge is 2.35. The number of likely N-dealkylation sites (tertiary alicyclic amines) is 1. The lowest BCUT2D eigenvalue weighted by Crippen LogP contribution is -2.57. The monoisotopic (exact) mass is 324 g/mol. The Balaban J connectivity index is 1.98. The zero-order chi connectivity index (χ0) is 15.0. The SMILES string of the molecule is CC(C)OCCCCCCNS(=O)(=O)C1CN(CS)C1. The van der Waals surface area contributed by atoms with Crippen LogP contribution in [0.5, 0.6) is 0 Å². The first kappa shape index (κ1) is 18.2. The molecule has 1 aliphatic rings. The fraction of sp³-hybridized carbons (Fsp3) is 1.00. The summed E-state index contributed by atoms with van der Waals surface area (Å²) >= 11 is 4.12. The van der Waals surface area contributed by atoms with Gasteiger partial charge in [-0.15, -0.1) is 0 Å². The van der Waals surface area contributed by atoms with E-state index in [0.29, 0.717) is 31.6 Å². The molecule has 5 nitrogen and oxygen atoms in total. The van der Waals surface area contributed by atoms with Gasteiger partial charge in [0, 0.05) is 32.1 Å². The first-order valence-corrected chi connectivity index (χ1v) is 9.57. The van der Waals surface area contributed by atoms with Gasteiger partial charge >= 0.3 is 0 Å². The number of rotatable bonds is 11. The summed E-state index contributed by atoms with van der Waals surface area (Å²) in [4.78, 5) is 2.00. The van der Waals surface area contributed by atoms with Crippen LogP contribution in [0.25, 0.3) is 0 Å². The van der Waals surface area contributed by atoms with Crippen molar-refractivity contribution in [3.8, 4) is 0 Å². The van der Waals surface area contributed by atoms with E-state index in [1.807, 2.05) is 18.7 Å². The summed E-state index contributed by atoms with van der Waals surface area (Å²) in [5, 5.41) is -0.255. The van der Waals surface area contributed by atoms with Crippen LogP contribution in [0, 0.1) is 0 Å². The van der Waals surface area contributed by atoms with Crippen molar-refractivity contribution < 1.29 is 13.2 Å². The van der Waals surface area contributed by atoms with E-state index >= 15 is 0 Å². The van der Waals surface area contributed by atoms with Gasteiger partial charge in [-0.2, -0.15) is 12.6 Å². The number of thiol groups is 1. The topological polar surface area (TPSA) is 58.6 Å². The van der Waals surface area contributed by atoms with E-state index in [1.54, 1.807) is 0 Å². The van der Waals surface area contributed by atoms with Crippen molar-refractivity contribution in [3.05, 3.63) is 0 Å². The normalized spacial score (nSPS) is 17.6. The molecule has 1 saturated heterocycles. The molecule has 0 aromatic heterocycles. The smallest absolute Gasteiger partial charge is 0.217 e. The quantitative estimate of drug-likeness (QED) is 0.446. The largest absolute Gasteiger partial charge is 0.379 e. The summed E-state index contributed by atoms with van der Waals surface area (Å²) < 4.78 is 32.0. The molecule has 0 unspecified atom stereocenters. The number of unbranched alkanes of at least 4 members (excludes halogenated alkanes) is 3. The number of sulfonamides is 1. The van der Waals surface area contributed by atoms with Gasteiger partial charge in [0.25, 0.3) is 0 Å². The summed E-state index contributed by atoms with van der Waals surface area (Å²) in [6.07, 6.45) is 4.36. The van der Waals surface area contributed by atoms with Crippen LogP contribution in [-0.4, -0.2) is 56.8 Å². The Morgan fingerprint density at radius 2 is 1.90 bits per heavy atom. The zero-order valence-corrected chi connectivity index (χ0v) is 14.3. The van der Waals surface area contributed by atoms with Gasteiger partial charge in [0.1, 0.15) is 5.25 Å². The van der Waals surface area contributed by atoms with Crippen LogP contribution in [0.4, 0.5) is 0 Å². The molecule has 0 amide bonds. The van der Waals surface area contributed by atoms with Gasteiger partial charge in [0.2, 0.25) is 10.0 Å². The van der Waals surface area contributed by atoms with Crippen LogP contribution in [0.3, 0.4) is 0 Å². The van der Waals surface area contributed by atoms with E-state index in [-0.39, 0.29) is 5.25 Å². The van der Waals surface area contributed by atoms with E-state index in [9.17, 15) is 8.42 Å². The first-order valence-electron chi connectivity index (χ1n) is 7.39. The highest BCUT2D eigenvalue weighted by atomic mass is 32.2. The van der Waals surface area contributed by atoms with Gasteiger partial charge in [-0.25, -0.2) is 13.1 Å². The Labute approximate surface area is 128 Å². The second-order valence-corrected chi connectivity index (χ2v) is 7.90. The average molecular weight is 325 g/mol. The average Bonchev–Trinajstić information content (AvgIpc) is 2.30. The van der Waals surface area contributed by atoms with Gasteiger partial charge in [-0.3, -0.25) is 4.90 Å². The van der Waals surface area contributed by atoms with Gasteiger partial charge < -0.3 is 4.74 Å². The maximum absolute atomic E-state index is 11.9. The molecule has 0 aromatic rings. The molecule has 120 valence electrons. The summed E-state index contributed by atoms with van der Waals surface area (Å²) in [5.41, 5.74) is 0. The van der Waals surface area contributed by atoms with Crippen molar-refractivity contribution in [1.29, 1.82) is 0 Å². The van der Waals surface area contributed by atoms with Crippen molar-refractivity contribution in [2.75, 3.05) is 32.1 Å². The van der Waals surface area contributed by atoms with Crippen molar-refractivity contribution >= 4 is 22.7 Å². The molecule has 0 atom stereocenters. The molecular weight excluding hydrogens is 296 g/mol. The molecule has 0 aliphatic carbocycles. The van der Waals surface area contributed by atoms with Gasteiger partial charge in [-0.1, -0.05) is 12.8 Å². The summed E-state index contributed by atoms with van der Waals surface area (Å²) in [6, 6.07) is 0. The molecule has 0 aromatic carbocycles. The van der Waals surface area contributed by atoms with Crippen molar-refractivity contribution in [2.24, 2.45) is 0 Å². The third-order valence-corrected chi connectivity index (χ3v) is 5.57. The maximum atomic E-state index is 11.9. The van der Waals surface area contributed by atoms with Crippen LogP contribution in [-0.2, 0) is 14.8 Å². The highest BCUT2D eigenvalue weighted by molar-refractivity contribution is 7.90. The molecule has 0 saturated carbocycles. The standard InChI is InChI=1S/C13H28N2O3S2/c1-12(2)18-8-6-4-3-5-7-14-20(16,17)13-9-15(10-13)11-19/h12-14,19H,3-11H2,1-2H3. The fourth-order valence-corrected chi connectivity index (χ4v) is 3.78. The fourth-order valence-electron chi connectivity index (χ4n) is 2.07. The Kier molecular flexibility index (Phi) is 8.43. The van der Waals surface area contributed by atoms with Crippen molar-refractivity contribution in [3.63, 3.8) is 0 Å². The number of hydrogen-bond acceptors (Lipinski definition) is 5. The van der Waals surface area contributed by atoms with Crippen LogP contribution >= 0.6 is 12.6 Å². The van der Waals surface area contributed by atoms with Crippen molar-refractivity contribution in [2.45, 2.75) is 50.9 Å². The highest BCUT2D eigenvalue weighted by Crippen LogP contribution is 2.15.